The highest BCUT2D eigenvalue weighted by Crippen LogP contribution is 2.35. The Labute approximate surface area is 198 Å². The summed E-state index contributed by atoms with van der Waals surface area (Å²) in [5.74, 6) is 0.126. The molecule has 3 rings (SSSR count). The van der Waals surface area contributed by atoms with Crippen LogP contribution in [0.1, 0.15) is 22.8 Å². The lowest BCUT2D eigenvalue weighted by molar-refractivity contribution is -0.121. The largest absolute Gasteiger partial charge is 0.490 e. The zero-order valence-electron chi connectivity index (χ0n) is 16.1. The minimum Gasteiger partial charge on any atom is -0.490 e. The number of carbonyl (C=O) groups is 2. The molecular formula is C22H18INO4S2. The monoisotopic (exact) mass is 551 g/mol. The Hall–Kier alpha value is -2.17. The van der Waals surface area contributed by atoms with Gasteiger partial charge in [-0.2, -0.15) is 0 Å². The Morgan fingerprint density at radius 1 is 1.27 bits per heavy atom. The van der Waals surface area contributed by atoms with Crippen molar-refractivity contribution in [3.63, 3.8) is 0 Å². The second-order valence-corrected chi connectivity index (χ2v) is 8.93. The first-order valence-electron chi connectivity index (χ1n) is 9.04. The van der Waals surface area contributed by atoms with Crippen LogP contribution in [0, 0.1) is 3.57 Å². The molecule has 1 heterocycles. The van der Waals surface area contributed by atoms with Gasteiger partial charge in [-0.05, 0) is 65.4 Å². The number of amides is 1. The Bertz CT molecular complexity index is 1050. The van der Waals surface area contributed by atoms with Crippen molar-refractivity contribution in [3.05, 3.63) is 74.7 Å². The summed E-state index contributed by atoms with van der Waals surface area (Å²) in [7, 11) is 0. The summed E-state index contributed by atoms with van der Waals surface area (Å²) >= 11 is 8.60. The SMILES string of the molecule is C=CCN1C(=O)/C(=C\c2ccc(OC(=O)c3ccccc3I)c(OCC)c2)SC1=S. The number of hydrogen-bond donors (Lipinski definition) is 0. The third-order valence-corrected chi connectivity index (χ3v) is 6.37. The molecule has 154 valence electrons. The molecule has 2 aromatic carbocycles. The van der Waals surface area contributed by atoms with E-state index in [0.29, 0.717) is 39.4 Å². The van der Waals surface area contributed by atoms with Crippen LogP contribution in [0.3, 0.4) is 0 Å². The maximum atomic E-state index is 12.6. The second kappa shape index (κ2) is 10.2. The third kappa shape index (κ3) is 5.11. The van der Waals surface area contributed by atoms with E-state index in [9.17, 15) is 9.59 Å². The molecule has 0 aliphatic carbocycles. The molecule has 2 aromatic rings. The quantitative estimate of drug-likeness (QED) is 0.116. The average molecular weight is 551 g/mol. The smallest absolute Gasteiger partial charge is 0.344 e. The van der Waals surface area contributed by atoms with E-state index in [4.69, 9.17) is 21.7 Å². The van der Waals surface area contributed by atoms with Gasteiger partial charge in [0.2, 0.25) is 0 Å². The van der Waals surface area contributed by atoms with Gasteiger partial charge in [-0.25, -0.2) is 4.79 Å². The normalized spacial score (nSPS) is 14.9. The lowest BCUT2D eigenvalue weighted by Gasteiger charge is -2.12. The van der Waals surface area contributed by atoms with Crippen LogP contribution in [0.4, 0.5) is 0 Å². The molecule has 0 saturated carbocycles. The molecule has 0 aromatic heterocycles. The molecule has 1 aliphatic heterocycles. The van der Waals surface area contributed by atoms with Gasteiger partial charge < -0.3 is 9.47 Å². The number of benzene rings is 2. The van der Waals surface area contributed by atoms with E-state index in [1.165, 1.54) is 16.7 Å². The Morgan fingerprint density at radius 3 is 2.73 bits per heavy atom. The van der Waals surface area contributed by atoms with Crippen molar-refractivity contribution in [1.82, 2.24) is 4.90 Å². The molecule has 8 heteroatoms. The summed E-state index contributed by atoms with van der Waals surface area (Å²) in [6.07, 6.45) is 3.38. The summed E-state index contributed by atoms with van der Waals surface area (Å²) < 4.78 is 12.5. The van der Waals surface area contributed by atoms with Gasteiger partial charge in [0.15, 0.2) is 11.5 Å². The number of esters is 1. The minimum absolute atomic E-state index is 0.156. The standard InChI is InChI=1S/C22H18INO4S2/c1-3-11-24-20(25)19(30-22(24)29)13-14-9-10-17(18(12-14)27-4-2)28-21(26)15-7-5-6-8-16(15)23/h3,5-10,12-13H,1,4,11H2,2H3/b19-13+. The number of rotatable bonds is 7. The zero-order valence-corrected chi connectivity index (χ0v) is 19.9. The van der Waals surface area contributed by atoms with Crippen molar-refractivity contribution in [2.45, 2.75) is 6.92 Å². The van der Waals surface area contributed by atoms with E-state index >= 15 is 0 Å². The van der Waals surface area contributed by atoms with Gasteiger partial charge in [0, 0.05) is 10.1 Å². The van der Waals surface area contributed by atoms with Crippen molar-refractivity contribution in [1.29, 1.82) is 0 Å². The highest BCUT2D eigenvalue weighted by atomic mass is 127. The Kier molecular flexibility index (Phi) is 7.68. The van der Waals surface area contributed by atoms with Gasteiger partial charge in [-0.1, -0.05) is 48.3 Å². The number of hydrogen-bond acceptors (Lipinski definition) is 6. The van der Waals surface area contributed by atoms with Crippen LogP contribution < -0.4 is 9.47 Å². The minimum atomic E-state index is -0.459. The van der Waals surface area contributed by atoms with Gasteiger partial charge in [0.25, 0.3) is 5.91 Å². The van der Waals surface area contributed by atoms with E-state index < -0.39 is 5.97 Å². The predicted octanol–water partition coefficient (Wildman–Crippen LogP) is 5.30. The van der Waals surface area contributed by atoms with Crippen LogP contribution in [0.25, 0.3) is 6.08 Å². The second-order valence-electron chi connectivity index (χ2n) is 6.09. The maximum absolute atomic E-state index is 12.6. The predicted molar refractivity (Wildman–Crippen MR) is 132 cm³/mol. The summed E-state index contributed by atoms with van der Waals surface area (Å²) in [5, 5.41) is 0. The van der Waals surface area contributed by atoms with Crippen LogP contribution in [0.5, 0.6) is 11.5 Å². The molecule has 1 aliphatic rings. The number of ether oxygens (including phenoxy) is 2. The molecule has 1 amide bonds. The lowest BCUT2D eigenvalue weighted by atomic mass is 10.1. The van der Waals surface area contributed by atoms with E-state index in [-0.39, 0.29) is 5.91 Å². The van der Waals surface area contributed by atoms with E-state index in [0.717, 1.165) is 9.13 Å². The van der Waals surface area contributed by atoms with Crippen molar-refractivity contribution >= 4 is 68.8 Å². The van der Waals surface area contributed by atoms with Gasteiger partial charge in [0.1, 0.15) is 4.32 Å². The van der Waals surface area contributed by atoms with E-state index in [1.54, 1.807) is 42.5 Å². The van der Waals surface area contributed by atoms with Crippen molar-refractivity contribution in [2.24, 2.45) is 0 Å². The van der Waals surface area contributed by atoms with Crippen LogP contribution in [-0.4, -0.2) is 34.2 Å². The van der Waals surface area contributed by atoms with E-state index in [2.05, 4.69) is 29.2 Å². The molecule has 1 fully saturated rings. The first kappa shape index (κ1) is 22.5. The van der Waals surface area contributed by atoms with Crippen LogP contribution >= 0.6 is 46.6 Å². The van der Waals surface area contributed by atoms with Gasteiger partial charge in [-0.15, -0.1) is 6.58 Å². The van der Waals surface area contributed by atoms with E-state index in [1.807, 2.05) is 19.1 Å². The Morgan fingerprint density at radius 2 is 2.03 bits per heavy atom. The molecule has 0 atom stereocenters. The van der Waals surface area contributed by atoms with Crippen LogP contribution in [0.2, 0.25) is 0 Å². The van der Waals surface area contributed by atoms with Crippen molar-refractivity contribution in [3.8, 4) is 11.5 Å². The summed E-state index contributed by atoms with van der Waals surface area (Å²) in [6.45, 7) is 6.28. The molecule has 0 bridgehead atoms. The molecule has 0 unspecified atom stereocenters. The number of carbonyl (C=O) groups excluding carboxylic acids is 2. The summed E-state index contributed by atoms with van der Waals surface area (Å²) in [6, 6.07) is 12.4. The molecular weight excluding hydrogens is 533 g/mol. The fourth-order valence-corrected chi connectivity index (χ4v) is 4.57. The first-order chi connectivity index (χ1) is 14.4. The first-order valence-corrected chi connectivity index (χ1v) is 11.3. The number of halogens is 1. The van der Waals surface area contributed by atoms with Crippen molar-refractivity contribution < 1.29 is 19.1 Å². The number of thioether (sulfide) groups is 1. The molecule has 0 radical (unpaired) electrons. The summed E-state index contributed by atoms with van der Waals surface area (Å²) in [5.41, 5.74) is 1.22. The average Bonchev–Trinajstić information content (AvgIpc) is 2.98. The maximum Gasteiger partial charge on any atom is 0.344 e. The topological polar surface area (TPSA) is 55.8 Å². The molecule has 5 nitrogen and oxygen atoms in total. The highest BCUT2D eigenvalue weighted by molar-refractivity contribution is 14.1. The molecule has 0 spiro atoms. The fourth-order valence-electron chi connectivity index (χ4n) is 2.69. The number of nitrogens with zero attached hydrogens (tertiary/aromatic N) is 1. The lowest BCUT2D eigenvalue weighted by Crippen LogP contribution is -2.27. The van der Waals surface area contributed by atoms with Gasteiger partial charge in [-0.3, -0.25) is 9.69 Å². The zero-order chi connectivity index (χ0) is 21.7. The van der Waals surface area contributed by atoms with Gasteiger partial charge >= 0.3 is 5.97 Å². The summed E-state index contributed by atoms with van der Waals surface area (Å²) in [4.78, 5) is 27.1. The molecule has 1 saturated heterocycles. The third-order valence-electron chi connectivity index (χ3n) is 4.05. The Balaban J connectivity index is 1.86. The molecule has 30 heavy (non-hydrogen) atoms. The fraction of sp³-hybridized carbons (Fsp3) is 0.136. The highest BCUT2D eigenvalue weighted by Gasteiger charge is 2.31. The van der Waals surface area contributed by atoms with Crippen LogP contribution in [-0.2, 0) is 4.79 Å². The van der Waals surface area contributed by atoms with Gasteiger partial charge in [0.05, 0.1) is 17.1 Å². The molecule has 0 N–H and O–H groups in total. The van der Waals surface area contributed by atoms with Crippen LogP contribution in [0.15, 0.2) is 60.0 Å². The number of thiocarbonyl (C=S) groups is 1. The van der Waals surface area contributed by atoms with Crippen molar-refractivity contribution in [2.75, 3.05) is 13.2 Å².